The number of nitrogens with one attached hydrogen (secondary N) is 1. The van der Waals surface area contributed by atoms with E-state index in [9.17, 15) is 4.79 Å². The first-order valence-electron chi connectivity index (χ1n) is 4.90. The Hall–Kier alpha value is -1.43. The van der Waals surface area contributed by atoms with Crippen LogP contribution in [0.25, 0.3) is 0 Å². The molecule has 15 heavy (non-hydrogen) atoms. The van der Waals surface area contributed by atoms with Crippen LogP contribution in [0.3, 0.4) is 0 Å². The van der Waals surface area contributed by atoms with E-state index in [2.05, 4.69) is 20.3 Å². The summed E-state index contributed by atoms with van der Waals surface area (Å²) in [5.74, 6) is -0.789. The van der Waals surface area contributed by atoms with E-state index in [1.165, 1.54) is 0 Å². The molecule has 1 saturated carbocycles. The normalized spacial score (nSPS) is 18.5. The molecule has 6 heteroatoms. The molecule has 0 amide bonds. The molecule has 0 unspecified atom stereocenters. The average Bonchev–Trinajstić information content (AvgIpc) is 2.49. The van der Waals surface area contributed by atoms with E-state index in [4.69, 9.17) is 5.11 Å². The first-order valence-corrected chi connectivity index (χ1v) is 4.90. The van der Waals surface area contributed by atoms with Crippen LogP contribution in [-0.4, -0.2) is 26.9 Å². The van der Waals surface area contributed by atoms with Crippen molar-refractivity contribution in [3.05, 3.63) is 11.4 Å². The van der Waals surface area contributed by atoms with E-state index in [1.807, 2.05) is 0 Å². The van der Waals surface area contributed by atoms with Gasteiger partial charge in [-0.3, -0.25) is 10.1 Å². The zero-order valence-corrected chi connectivity index (χ0v) is 8.49. The van der Waals surface area contributed by atoms with Gasteiger partial charge in [-0.1, -0.05) is 10.3 Å². The Morgan fingerprint density at radius 3 is 2.73 bits per heavy atom. The molecule has 82 valence electrons. The molecule has 6 nitrogen and oxygen atoms in total. The number of rotatable bonds is 4. The first kappa shape index (κ1) is 10.1. The minimum Gasteiger partial charge on any atom is -0.480 e. The largest absolute Gasteiger partial charge is 0.480 e. The zero-order valence-electron chi connectivity index (χ0n) is 8.49. The fraction of sp³-hybridized carbons (Fsp3) is 0.667. The summed E-state index contributed by atoms with van der Waals surface area (Å²) in [5.41, 5.74) is 0.607. The molecule has 2 N–H and O–H groups in total. The van der Waals surface area contributed by atoms with Crippen LogP contribution in [-0.2, 0) is 11.3 Å². The molecule has 0 radical (unpaired) electrons. The maximum atomic E-state index is 11.0. The smallest absolute Gasteiger partial charge is 0.323 e. The van der Waals surface area contributed by atoms with Gasteiger partial charge in [-0.05, 0) is 26.2 Å². The maximum absolute atomic E-state index is 11.0. The summed E-state index contributed by atoms with van der Waals surface area (Å²) in [7, 11) is 0. The third kappa shape index (κ3) is 1.72. The van der Waals surface area contributed by atoms with Gasteiger partial charge in [-0.25, -0.2) is 4.63 Å². The summed E-state index contributed by atoms with van der Waals surface area (Å²) in [4.78, 5) is 11.0. The highest BCUT2D eigenvalue weighted by Crippen LogP contribution is 2.32. The quantitative estimate of drug-likeness (QED) is 0.752. The molecule has 2 rings (SSSR count). The molecular weight excluding hydrogens is 198 g/mol. The summed E-state index contributed by atoms with van der Waals surface area (Å²) in [6.45, 7) is 2.17. The van der Waals surface area contributed by atoms with Crippen molar-refractivity contribution in [2.45, 2.75) is 38.3 Å². The summed E-state index contributed by atoms with van der Waals surface area (Å²) in [6.07, 6.45) is 2.30. The van der Waals surface area contributed by atoms with E-state index in [0.717, 1.165) is 6.42 Å². The van der Waals surface area contributed by atoms with E-state index < -0.39 is 11.5 Å². The molecule has 1 fully saturated rings. The lowest BCUT2D eigenvalue weighted by Crippen LogP contribution is -2.56. The van der Waals surface area contributed by atoms with Crippen molar-refractivity contribution < 1.29 is 14.5 Å². The van der Waals surface area contributed by atoms with Gasteiger partial charge in [0.2, 0.25) is 0 Å². The van der Waals surface area contributed by atoms with Crippen LogP contribution >= 0.6 is 0 Å². The number of hydrogen-bond donors (Lipinski definition) is 2. The first-order chi connectivity index (χ1) is 7.14. The van der Waals surface area contributed by atoms with Crippen LogP contribution in [0, 0.1) is 6.92 Å². The van der Waals surface area contributed by atoms with Gasteiger partial charge in [0, 0.05) is 6.54 Å². The molecule has 0 spiro atoms. The van der Waals surface area contributed by atoms with Crippen LogP contribution in [0.5, 0.6) is 0 Å². The van der Waals surface area contributed by atoms with E-state index in [0.29, 0.717) is 30.8 Å². The molecule has 1 heterocycles. The second kappa shape index (κ2) is 3.62. The van der Waals surface area contributed by atoms with Gasteiger partial charge < -0.3 is 5.11 Å². The van der Waals surface area contributed by atoms with Crippen molar-refractivity contribution in [2.75, 3.05) is 0 Å². The molecule has 1 aliphatic rings. The Morgan fingerprint density at radius 1 is 1.60 bits per heavy atom. The summed E-state index contributed by atoms with van der Waals surface area (Å²) < 4.78 is 4.54. The Balaban J connectivity index is 1.98. The Morgan fingerprint density at radius 2 is 2.33 bits per heavy atom. The number of hydrogen-bond acceptors (Lipinski definition) is 5. The van der Waals surface area contributed by atoms with Gasteiger partial charge in [0.1, 0.15) is 16.9 Å². The molecule has 0 bridgehead atoms. The predicted octanol–water partition coefficient (Wildman–Crippen LogP) is 0.475. The highest BCUT2D eigenvalue weighted by atomic mass is 16.6. The lowest BCUT2D eigenvalue weighted by molar-refractivity contribution is -0.148. The number of carboxylic acids is 1. The summed E-state index contributed by atoms with van der Waals surface area (Å²) in [5, 5.41) is 19.4. The number of carboxylic acid groups (broad SMARTS) is 1. The molecular formula is C9H13N3O3. The maximum Gasteiger partial charge on any atom is 0.323 e. The van der Waals surface area contributed by atoms with Crippen LogP contribution < -0.4 is 5.32 Å². The zero-order chi connectivity index (χ0) is 10.9. The lowest BCUT2D eigenvalue weighted by Gasteiger charge is -2.38. The van der Waals surface area contributed by atoms with Crippen LogP contribution in [0.15, 0.2) is 4.63 Å². The highest BCUT2D eigenvalue weighted by molar-refractivity contribution is 5.79. The number of nitrogens with zero attached hydrogens (tertiary/aromatic N) is 2. The van der Waals surface area contributed by atoms with Crippen molar-refractivity contribution in [3.8, 4) is 0 Å². The number of aliphatic carboxylic acids is 1. The van der Waals surface area contributed by atoms with Gasteiger partial charge in [-0.15, -0.1) is 0 Å². The van der Waals surface area contributed by atoms with E-state index in [-0.39, 0.29) is 0 Å². The summed E-state index contributed by atoms with van der Waals surface area (Å²) >= 11 is 0. The van der Waals surface area contributed by atoms with Gasteiger partial charge in [0.15, 0.2) is 0 Å². The Labute approximate surface area is 86.6 Å². The third-order valence-electron chi connectivity index (χ3n) is 2.96. The van der Waals surface area contributed by atoms with Crippen LogP contribution in [0.2, 0.25) is 0 Å². The standard InChI is InChI=1S/C9H13N3O3/c1-6-7(12-15-11-6)5-10-9(8(13)14)3-2-4-9/h10H,2-5H2,1H3,(H,13,14). The SMILES string of the molecule is Cc1nonc1CNC1(C(=O)O)CCC1. The molecule has 1 aliphatic carbocycles. The molecule has 0 aromatic carbocycles. The Kier molecular flexibility index (Phi) is 2.44. The number of aromatic nitrogens is 2. The summed E-state index contributed by atoms with van der Waals surface area (Å²) in [6, 6.07) is 0. The topological polar surface area (TPSA) is 88.3 Å². The second-order valence-corrected chi connectivity index (χ2v) is 3.89. The molecule has 1 aromatic rings. The minimum absolute atomic E-state index is 0.391. The van der Waals surface area contributed by atoms with Gasteiger partial charge in [0.25, 0.3) is 0 Å². The number of aryl methyl sites for hydroxylation is 1. The molecule has 0 atom stereocenters. The molecule has 0 saturated heterocycles. The van der Waals surface area contributed by atoms with E-state index >= 15 is 0 Å². The van der Waals surface area contributed by atoms with Gasteiger partial charge in [-0.2, -0.15) is 0 Å². The van der Waals surface area contributed by atoms with Crippen molar-refractivity contribution in [3.63, 3.8) is 0 Å². The van der Waals surface area contributed by atoms with Crippen molar-refractivity contribution in [2.24, 2.45) is 0 Å². The Bertz CT molecular complexity index is 370. The van der Waals surface area contributed by atoms with Crippen molar-refractivity contribution >= 4 is 5.97 Å². The van der Waals surface area contributed by atoms with Gasteiger partial charge in [0.05, 0.1) is 0 Å². The minimum atomic E-state index is -0.789. The molecule has 0 aliphatic heterocycles. The second-order valence-electron chi connectivity index (χ2n) is 3.89. The van der Waals surface area contributed by atoms with Gasteiger partial charge >= 0.3 is 5.97 Å². The van der Waals surface area contributed by atoms with Crippen molar-refractivity contribution in [1.29, 1.82) is 0 Å². The fourth-order valence-corrected chi connectivity index (χ4v) is 1.66. The fourth-order valence-electron chi connectivity index (χ4n) is 1.66. The van der Waals surface area contributed by atoms with Crippen LogP contribution in [0.1, 0.15) is 30.7 Å². The predicted molar refractivity (Wildman–Crippen MR) is 50.1 cm³/mol. The highest BCUT2D eigenvalue weighted by Gasteiger charge is 2.44. The molecule has 1 aromatic heterocycles. The number of carbonyl (C=O) groups is 1. The average molecular weight is 211 g/mol. The van der Waals surface area contributed by atoms with E-state index in [1.54, 1.807) is 6.92 Å². The van der Waals surface area contributed by atoms with Crippen molar-refractivity contribution in [1.82, 2.24) is 15.6 Å². The monoisotopic (exact) mass is 211 g/mol. The van der Waals surface area contributed by atoms with Crippen LogP contribution in [0.4, 0.5) is 0 Å². The third-order valence-corrected chi connectivity index (χ3v) is 2.96. The lowest BCUT2D eigenvalue weighted by atomic mass is 9.77.